The molecule has 0 unspecified atom stereocenters. The summed E-state index contributed by atoms with van der Waals surface area (Å²) in [5, 5.41) is 16.8. The van der Waals surface area contributed by atoms with E-state index in [4.69, 9.17) is 5.70 Å². The van der Waals surface area contributed by atoms with Gasteiger partial charge in [0, 0.05) is 0 Å². The van der Waals surface area contributed by atoms with Gasteiger partial charge >= 0.3 is 165 Å². The Kier molecular flexibility index (Phi) is 6.59. The van der Waals surface area contributed by atoms with Crippen molar-refractivity contribution in [2.24, 2.45) is 7.05 Å². The first-order chi connectivity index (χ1) is 15.2. The van der Waals surface area contributed by atoms with E-state index in [9.17, 15) is 23.5 Å². The second kappa shape index (κ2) is 9.10. The number of aromatic nitrogens is 1. The number of amides is 1. The summed E-state index contributed by atoms with van der Waals surface area (Å²) in [4.78, 5) is 26.7. The number of rotatable bonds is 5. The Balaban J connectivity index is 1.61. The van der Waals surface area contributed by atoms with Gasteiger partial charge in [-0.3, -0.25) is 0 Å². The Morgan fingerprint density at radius 3 is 2.72 bits per heavy atom. The van der Waals surface area contributed by atoms with E-state index in [0.717, 1.165) is 30.4 Å². The van der Waals surface area contributed by atoms with E-state index in [1.54, 1.807) is 6.07 Å². The Bertz CT molecular complexity index is 1100. The van der Waals surface area contributed by atoms with Crippen LogP contribution in [0.2, 0.25) is 0 Å². The third-order valence-electron chi connectivity index (χ3n) is 6.04. The molecule has 3 heterocycles. The van der Waals surface area contributed by atoms with Gasteiger partial charge in [0.15, 0.2) is 0 Å². The molecule has 2 aliphatic heterocycles. The predicted molar refractivity (Wildman–Crippen MR) is 112 cm³/mol. The van der Waals surface area contributed by atoms with Gasteiger partial charge in [0.05, 0.1) is 0 Å². The van der Waals surface area contributed by atoms with Crippen LogP contribution in [-0.2, 0) is 7.05 Å². The summed E-state index contributed by atoms with van der Waals surface area (Å²) in [5.41, 5.74) is 3.06. The Morgan fingerprint density at radius 1 is 1.34 bits per heavy atom. The van der Waals surface area contributed by atoms with E-state index in [1.165, 1.54) is 30.3 Å². The number of pyridine rings is 1. The number of β-amino-alcohol motifs (C(OH)–C–C–N with tert-alkyl or cyclic N) is 1. The van der Waals surface area contributed by atoms with Crippen LogP contribution >= 0.6 is 0 Å². The molecule has 1 aromatic heterocycles. The first kappa shape index (κ1) is 23.2. The number of carbonyl (C=O) groups excluding carboxylic acids is 1. The first-order valence-corrected chi connectivity index (χ1v) is 12.6. The number of piperidine rings is 1. The summed E-state index contributed by atoms with van der Waals surface area (Å²) in [6.45, 7) is 1.00. The quantitative estimate of drug-likeness (QED) is 0.296. The average Bonchev–Trinajstić information content (AvgIpc) is 2.78. The monoisotopic (exact) mass is 555 g/mol. The van der Waals surface area contributed by atoms with Gasteiger partial charge in [-0.05, 0) is 19.4 Å². The molecule has 0 aliphatic carbocycles. The Morgan fingerprint density at radius 2 is 2.09 bits per heavy atom. The van der Waals surface area contributed by atoms with Crippen molar-refractivity contribution in [1.29, 1.82) is 0 Å². The fourth-order valence-corrected chi connectivity index (χ4v) is 5.07. The van der Waals surface area contributed by atoms with Crippen molar-refractivity contribution in [2.45, 2.75) is 30.9 Å². The normalized spacial score (nSPS) is 20.1. The van der Waals surface area contributed by atoms with Crippen LogP contribution in [0.3, 0.4) is 0 Å². The van der Waals surface area contributed by atoms with Gasteiger partial charge in [-0.1, -0.05) is 6.42 Å². The van der Waals surface area contributed by atoms with E-state index in [1.807, 2.05) is 0 Å². The number of nitrogens with one attached hydrogen (secondary N) is 2. The zero-order valence-corrected chi connectivity index (χ0v) is 19.7. The minimum absolute atomic E-state index is 0.0704. The fourth-order valence-electron chi connectivity index (χ4n) is 4.23. The molecule has 1 aromatic carbocycles. The molecule has 2 aromatic rings. The third-order valence-corrected chi connectivity index (χ3v) is 7.43. The zero-order chi connectivity index (χ0) is 23.0. The number of halogens is 3. The zero-order valence-electron chi connectivity index (χ0n) is 17.5. The van der Waals surface area contributed by atoms with Crippen molar-refractivity contribution in [2.75, 3.05) is 25.0 Å². The summed E-state index contributed by atoms with van der Waals surface area (Å²) >= 11 is -0.818. The van der Waals surface area contributed by atoms with Gasteiger partial charge in [-0.15, -0.1) is 0 Å². The van der Waals surface area contributed by atoms with Gasteiger partial charge in [0.1, 0.15) is 0 Å². The van der Waals surface area contributed by atoms with Crippen LogP contribution in [0.5, 0.6) is 0 Å². The van der Waals surface area contributed by atoms with Crippen molar-refractivity contribution in [3.63, 3.8) is 0 Å². The van der Waals surface area contributed by atoms with Crippen LogP contribution in [0.15, 0.2) is 29.2 Å². The summed E-state index contributed by atoms with van der Waals surface area (Å²) < 4.78 is 31.0. The van der Waals surface area contributed by atoms with Gasteiger partial charge in [0.2, 0.25) is 0 Å². The summed E-state index contributed by atoms with van der Waals surface area (Å²) in [6.07, 6.45) is 4.10. The van der Waals surface area contributed by atoms with Crippen LogP contribution in [0, 0.1) is 15.2 Å². The molecule has 0 spiro atoms. The summed E-state index contributed by atoms with van der Waals surface area (Å²) in [6, 6.07) is 4.17. The average molecular weight is 555 g/mol. The predicted octanol–water partition coefficient (Wildman–Crippen LogP) is -1.92. The summed E-state index contributed by atoms with van der Waals surface area (Å²) in [7, 11) is 1.34. The maximum atomic E-state index is 14.9. The standard InChI is InChI=1S/C21H23BF2IN4O3/c1-28-9-13(19(30)29-10-21(32,11-29)16-4-2-3-7-26-16)18(17(24)20(28)31)27-15-6-5-12(25-22)8-14(15)23/h5-6,8-9,16,26-27,32H,2-4,7,10-11H2,1H3/q-1/t16-/m0/s1. The number of likely N-dealkylation sites (tertiary alicyclic amines) is 1. The molecule has 4 rings (SSSR count). The van der Waals surface area contributed by atoms with E-state index < -0.39 is 55.4 Å². The molecule has 7 nitrogen and oxygen atoms in total. The number of benzene rings is 1. The number of hydrogen-bond donors (Lipinski definition) is 3. The topological polar surface area (TPSA) is 86.6 Å². The molecule has 2 aliphatic rings. The molecule has 1 atom stereocenters. The molecule has 1 amide bonds. The van der Waals surface area contributed by atoms with Crippen LogP contribution in [0.25, 0.3) is 0 Å². The van der Waals surface area contributed by atoms with E-state index >= 15 is 0 Å². The van der Waals surface area contributed by atoms with Crippen LogP contribution in [0.4, 0.5) is 20.2 Å². The molecule has 32 heavy (non-hydrogen) atoms. The number of aryl methyl sites for hydroxylation is 1. The van der Waals surface area contributed by atoms with Gasteiger partial charge in [-0.2, -0.15) is 0 Å². The first-order valence-electron chi connectivity index (χ1n) is 10.3. The SMILES string of the molecule is [B][I-]c1ccc(Nc2c(C(=O)N3CC(O)([C@@H]4CCCCN4)C3)cn(C)c(=O)c2F)c(F)c1. The molecule has 2 saturated heterocycles. The van der Waals surface area contributed by atoms with Gasteiger partial charge in [-0.25, -0.2) is 0 Å². The third kappa shape index (κ3) is 4.29. The van der Waals surface area contributed by atoms with Crippen molar-refractivity contribution >= 4 is 23.0 Å². The Hall–Kier alpha value is -1.99. The molecule has 3 N–H and O–H groups in total. The molecule has 170 valence electrons. The van der Waals surface area contributed by atoms with Crippen molar-refractivity contribution in [3.8, 4) is 0 Å². The second-order valence-corrected chi connectivity index (χ2v) is 10.1. The number of nitrogens with zero attached hydrogens (tertiary/aromatic N) is 2. The molecule has 2 fully saturated rings. The van der Waals surface area contributed by atoms with Crippen molar-refractivity contribution < 1.29 is 39.7 Å². The number of anilines is 2. The molecule has 2 radical (unpaired) electrons. The van der Waals surface area contributed by atoms with Crippen LogP contribution < -0.4 is 37.2 Å². The molecule has 11 heteroatoms. The fraction of sp³-hybridized carbons (Fsp3) is 0.429. The van der Waals surface area contributed by atoms with Crippen molar-refractivity contribution in [3.05, 3.63) is 55.5 Å². The Labute approximate surface area is 195 Å². The van der Waals surface area contributed by atoms with E-state index in [0.29, 0.717) is 3.57 Å². The van der Waals surface area contributed by atoms with Crippen LogP contribution in [0.1, 0.15) is 29.6 Å². The number of aliphatic hydroxyl groups is 1. The van der Waals surface area contributed by atoms with Gasteiger partial charge < -0.3 is 5.32 Å². The van der Waals surface area contributed by atoms with Gasteiger partial charge in [0.25, 0.3) is 0 Å². The molecular weight excluding hydrogens is 532 g/mol. The maximum absolute atomic E-state index is 14.9. The van der Waals surface area contributed by atoms with E-state index in [2.05, 4.69) is 10.6 Å². The number of hydrogen-bond acceptors (Lipinski definition) is 5. The van der Waals surface area contributed by atoms with Crippen LogP contribution in [-0.4, -0.2) is 57.5 Å². The van der Waals surface area contributed by atoms with Crippen molar-refractivity contribution in [1.82, 2.24) is 14.8 Å². The summed E-state index contributed by atoms with van der Waals surface area (Å²) in [5.74, 6) is -2.39. The number of carbonyl (C=O) groups is 1. The minimum atomic E-state index is -1.18. The molecular formula is C21H23BF2IN4O3-. The molecule has 0 bridgehead atoms. The van der Waals surface area contributed by atoms with E-state index in [-0.39, 0.29) is 30.4 Å². The molecule has 0 saturated carbocycles. The second-order valence-electron chi connectivity index (χ2n) is 8.27.